The smallest absolute Gasteiger partial charge is 0.253 e. The van der Waals surface area contributed by atoms with Gasteiger partial charge in [-0.05, 0) is 68.5 Å². The van der Waals surface area contributed by atoms with Crippen LogP contribution < -0.4 is 5.73 Å². The van der Waals surface area contributed by atoms with Gasteiger partial charge in [0.1, 0.15) is 5.60 Å². The zero-order valence-electron chi connectivity index (χ0n) is 17.3. The summed E-state index contributed by atoms with van der Waals surface area (Å²) in [7, 11) is 0. The molecule has 0 aliphatic carbocycles. The van der Waals surface area contributed by atoms with E-state index in [2.05, 4.69) is 27.0 Å². The van der Waals surface area contributed by atoms with E-state index in [9.17, 15) is 4.79 Å². The van der Waals surface area contributed by atoms with Crippen LogP contribution in [-0.2, 0) is 23.3 Å². The Morgan fingerprint density at radius 2 is 1.83 bits per heavy atom. The summed E-state index contributed by atoms with van der Waals surface area (Å²) in [6.45, 7) is 5.29. The number of rotatable bonds is 3. The molecule has 2 fully saturated rings. The van der Waals surface area contributed by atoms with Gasteiger partial charge in [0.2, 0.25) is 5.95 Å². The summed E-state index contributed by atoms with van der Waals surface area (Å²) in [5.41, 5.74) is 9.46. The largest absolute Gasteiger partial charge is 0.368 e. The van der Waals surface area contributed by atoms with Gasteiger partial charge in [0.25, 0.3) is 5.91 Å². The van der Waals surface area contributed by atoms with Gasteiger partial charge < -0.3 is 15.4 Å². The molecule has 2 saturated heterocycles. The van der Waals surface area contributed by atoms with Gasteiger partial charge in [0.15, 0.2) is 0 Å². The van der Waals surface area contributed by atoms with Crippen LogP contribution >= 0.6 is 0 Å². The zero-order valence-corrected chi connectivity index (χ0v) is 17.3. The molecule has 0 radical (unpaired) electrons. The third-order valence-electron chi connectivity index (χ3n) is 6.73. The van der Waals surface area contributed by atoms with Gasteiger partial charge >= 0.3 is 0 Å². The van der Waals surface area contributed by atoms with Crippen molar-refractivity contribution in [3.8, 4) is 0 Å². The number of amides is 1. The molecular formula is C23H29N5O2. The predicted molar refractivity (Wildman–Crippen MR) is 114 cm³/mol. The maximum Gasteiger partial charge on any atom is 0.253 e. The highest BCUT2D eigenvalue weighted by Crippen LogP contribution is 2.40. The first-order chi connectivity index (χ1) is 14.6. The molecule has 3 aliphatic heterocycles. The Kier molecular flexibility index (Phi) is 5.16. The fourth-order valence-electron chi connectivity index (χ4n) is 5.01. The topological polar surface area (TPSA) is 84.6 Å². The number of carbonyl (C=O) groups excluding carboxylic acids is 1. The molecule has 5 rings (SSSR count). The lowest BCUT2D eigenvalue weighted by molar-refractivity contribution is -0.0966. The lowest BCUT2D eigenvalue weighted by Crippen LogP contribution is -2.49. The summed E-state index contributed by atoms with van der Waals surface area (Å²) >= 11 is 0. The second kappa shape index (κ2) is 7.96. The van der Waals surface area contributed by atoms with Gasteiger partial charge in [-0.2, -0.15) is 0 Å². The molecule has 1 amide bonds. The van der Waals surface area contributed by atoms with Crippen LogP contribution in [0.4, 0.5) is 5.95 Å². The molecule has 1 spiro atoms. The predicted octanol–water partition coefficient (Wildman–Crippen LogP) is 2.36. The molecule has 0 unspecified atom stereocenters. The number of piperidine rings is 1. The highest BCUT2D eigenvalue weighted by Gasteiger charge is 2.43. The average Bonchev–Trinajstić information content (AvgIpc) is 3.28. The Balaban J connectivity index is 1.25. The van der Waals surface area contributed by atoms with Gasteiger partial charge in [-0.1, -0.05) is 12.1 Å². The Bertz CT molecular complexity index is 916. The number of hydrogen-bond acceptors (Lipinski definition) is 6. The van der Waals surface area contributed by atoms with Gasteiger partial charge in [-0.25, -0.2) is 9.97 Å². The second-order valence-electron chi connectivity index (χ2n) is 8.67. The standard InChI is InChI=1S/C23H29N5O2/c24-22-25-15-19-7-14-30-23(20(19)26-22)8-12-28(13-9-23)21(29)18-5-3-17(4-6-18)16-27-10-1-2-11-27/h3-6,15H,1-2,7-14,16H2,(H2,24,25,26). The van der Waals surface area contributed by atoms with Crippen molar-refractivity contribution in [2.75, 3.05) is 38.5 Å². The van der Waals surface area contributed by atoms with E-state index in [-0.39, 0.29) is 11.9 Å². The summed E-state index contributed by atoms with van der Waals surface area (Å²) in [4.78, 5) is 26.1. The maximum atomic E-state index is 13.1. The van der Waals surface area contributed by atoms with E-state index < -0.39 is 5.60 Å². The maximum absolute atomic E-state index is 13.1. The number of ether oxygens (including phenoxy) is 1. The van der Waals surface area contributed by atoms with Crippen LogP contribution in [0.3, 0.4) is 0 Å². The number of benzene rings is 1. The fourth-order valence-corrected chi connectivity index (χ4v) is 5.01. The summed E-state index contributed by atoms with van der Waals surface area (Å²) in [5.74, 6) is 0.377. The first kappa shape index (κ1) is 19.5. The number of hydrogen-bond donors (Lipinski definition) is 1. The molecule has 158 valence electrons. The van der Waals surface area contributed by atoms with Crippen LogP contribution in [0, 0.1) is 0 Å². The van der Waals surface area contributed by atoms with E-state index in [1.807, 2.05) is 23.2 Å². The van der Waals surface area contributed by atoms with Crippen molar-refractivity contribution in [1.29, 1.82) is 0 Å². The van der Waals surface area contributed by atoms with E-state index in [0.29, 0.717) is 19.7 Å². The number of nitrogens with zero attached hydrogens (tertiary/aromatic N) is 4. The molecule has 4 heterocycles. The molecule has 7 heteroatoms. The lowest BCUT2D eigenvalue weighted by Gasteiger charge is -2.44. The average molecular weight is 408 g/mol. The molecule has 2 aromatic rings. The van der Waals surface area contributed by atoms with Crippen molar-refractivity contribution < 1.29 is 9.53 Å². The normalized spacial score (nSPS) is 21.0. The van der Waals surface area contributed by atoms with Crippen molar-refractivity contribution in [3.05, 3.63) is 52.8 Å². The number of anilines is 1. The number of fused-ring (bicyclic) bond motifs is 2. The third-order valence-corrected chi connectivity index (χ3v) is 6.73. The van der Waals surface area contributed by atoms with Crippen LogP contribution in [0.15, 0.2) is 30.5 Å². The minimum Gasteiger partial charge on any atom is -0.368 e. The summed E-state index contributed by atoms with van der Waals surface area (Å²) in [6.07, 6.45) is 6.68. The van der Waals surface area contributed by atoms with E-state index >= 15 is 0 Å². The fraction of sp³-hybridized carbons (Fsp3) is 0.522. The number of nitrogens with two attached hydrogens (primary N) is 1. The molecule has 0 bridgehead atoms. The van der Waals surface area contributed by atoms with Gasteiger partial charge in [0, 0.05) is 31.4 Å². The molecule has 7 nitrogen and oxygen atoms in total. The number of aromatic nitrogens is 2. The Labute approximate surface area is 177 Å². The van der Waals surface area contributed by atoms with Crippen LogP contribution in [0.5, 0.6) is 0 Å². The molecule has 2 N–H and O–H groups in total. The van der Waals surface area contributed by atoms with Crippen molar-refractivity contribution in [3.63, 3.8) is 0 Å². The van der Waals surface area contributed by atoms with Gasteiger partial charge in [-0.3, -0.25) is 9.69 Å². The SMILES string of the molecule is Nc1ncc2c(n1)C1(CCN(C(=O)c3ccc(CN4CCCC4)cc3)CC1)OCC2. The highest BCUT2D eigenvalue weighted by molar-refractivity contribution is 5.94. The van der Waals surface area contributed by atoms with Crippen molar-refractivity contribution >= 4 is 11.9 Å². The second-order valence-corrected chi connectivity index (χ2v) is 8.67. The molecular weight excluding hydrogens is 378 g/mol. The van der Waals surface area contributed by atoms with E-state index in [1.165, 1.54) is 31.5 Å². The molecule has 0 atom stereocenters. The van der Waals surface area contributed by atoms with Crippen LogP contribution in [0.25, 0.3) is 0 Å². The zero-order chi connectivity index (χ0) is 20.6. The van der Waals surface area contributed by atoms with E-state index in [1.54, 1.807) is 0 Å². The van der Waals surface area contributed by atoms with Crippen molar-refractivity contribution in [1.82, 2.24) is 19.8 Å². The van der Waals surface area contributed by atoms with Crippen LogP contribution in [0.2, 0.25) is 0 Å². The van der Waals surface area contributed by atoms with E-state index in [0.717, 1.165) is 42.6 Å². The molecule has 30 heavy (non-hydrogen) atoms. The number of carbonyl (C=O) groups is 1. The van der Waals surface area contributed by atoms with Crippen LogP contribution in [0.1, 0.15) is 52.9 Å². The van der Waals surface area contributed by atoms with Gasteiger partial charge in [0.05, 0.1) is 12.3 Å². The van der Waals surface area contributed by atoms with Crippen LogP contribution in [-0.4, -0.2) is 58.5 Å². The van der Waals surface area contributed by atoms with E-state index in [4.69, 9.17) is 10.5 Å². The molecule has 3 aliphatic rings. The Hall–Kier alpha value is -2.51. The van der Waals surface area contributed by atoms with Gasteiger partial charge in [-0.15, -0.1) is 0 Å². The quantitative estimate of drug-likeness (QED) is 0.841. The molecule has 1 aromatic heterocycles. The molecule has 0 saturated carbocycles. The Morgan fingerprint density at radius 3 is 2.57 bits per heavy atom. The lowest BCUT2D eigenvalue weighted by atomic mass is 9.83. The third kappa shape index (κ3) is 3.68. The minimum atomic E-state index is -0.443. The summed E-state index contributed by atoms with van der Waals surface area (Å²) in [6, 6.07) is 8.13. The first-order valence-corrected chi connectivity index (χ1v) is 11.0. The first-order valence-electron chi connectivity index (χ1n) is 11.0. The number of likely N-dealkylation sites (tertiary alicyclic amines) is 2. The highest BCUT2D eigenvalue weighted by atomic mass is 16.5. The summed E-state index contributed by atoms with van der Waals surface area (Å²) < 4.78 is 6.21. The van der Waals surface area contributed by atoms with Crippen molar-refractivity contribution in [2.45, 2.75) is 44.2 Å². The molecule has 1 aromatic carbocycles. The van der Waals surface area contributed by atoms with Crippen molar-refractivity contribution in [2.24, 2.45) is 0 Å². The Morgan fingerprint density at radius 1 is 1.10 bits per heavy atom. The number of nitrogen functional groups attached to an aromatic ring is 1. The monoisotopic (exact) mass is 407 g/mol. The summed E-state index contributed by atoms with van der Waals surface area (Å²) in [5, 5.41) is 0. The minimum absolute atomic E-state index is 0.0933.